The van der Waals surface area contributed by atoms with E-state index >= 15 is 0 Å². The van der Waals surface area contributed by atoms with Crippen LogP contribution in [0, 0.1) is 6.92 Å². The van der Waals surface area contributed by atoms with Crippen LogP contribution in [0.25, 0.3) is 0 Å². The van der Waals surface area contributed by atoms with Crippen molar-refractivity contribution < 1.29 is 9.84 Å². The van der Waals surface area contributed by atoms with Crippen LogP contribution in [-0.4, -0.2) is 47.0 Å². The number of aliphatic hydroxyl groups is 1. The van der Waals surface area contributed by atoms with Crippen LogP contribution >= 0.6 is 11.6 Å². The van der Waals surface area contributed by atoms with Gasteiger partial charge < -0.3 is 14.7 Å². The summed E-state index contributed by atoms with van der Waals surface area (Å²) in [6, 6.07) is 1.70. The molecule has 2 rings (SSSR count). The number of aliphatic hydroxyl groups excluding tert-OH is 1. The Balaban J connectivity index is 2.13. The standard InChI is InChI=1S/C11H16ClN3O2/c1-3-17-9-6-15(5-8(9)16)11-4-10(12)13-7(2)14-11/h4,8-9,16H,3,5-6H2,1-2H3. The van der Waals surface area contributed by atoms with E-state index in [1.54, 1.807) is 13.0 Å². The summed E-state index contributed by atoms with van der Waals surface area (Å²) in [7, 11) is 0. The summed E-state index contributed by atoms with van der Waals surface area (Å²) in [5, 5.41) is 10.3. The van der Waals surface area contributed by atoms with E-state index in [0.29, 0.717) is 30.7 Å². The fraction of sp³-hybridized carbons (Fsp3) is 0.636. The van der Waals surface area contributed by atoms with Crippen LogP contribution < -0.4 is 4.90 Å². The number of anilines is 1. The lowest BCUT2D eigenvalue weighted by atomic mass is 10.3. The number of rotatable bonds is 3. The lowest BCUT2D eigenvalue weighted by Gasteiger charge is -2.17. The summed E-state index contributed by atoms with van der Waals surface area (Å²) in [5.74, 6) is 1.37. The number of hydrogen-bond acceptors (Lipinski definition) is 5. The first-order valence-corrected chi connectivity index (χ1v) is 6.03. The molecule has 5 nitrogen and oxygen atoms in total. The Labute approximate surface area is 105 Å². The summed E-state index contributed by atoms with van der Waals surface area (Å²) in [6.45, 7) is 5.45. The molecule has 6 heteroatoms. The van der Waals surface area contributed by atoms with Crippen molar-refractivity contribution in [3.63, 3.8) is 0 Å². The van der Waals surface area contributed by atoms with E-state index in [1.807, 2.05) is 11.8 Å². The minimum Gasteiger partial charge on any atom is -0.388 e. The topological polar surface area (TPSA) is 58.5 Å². The number of aromatic nitrogens is 2. The molecule has 1 aliphatic heterocycles. The Hall–Kier alpha value is -0.910. The van der Waals surface area contributed by atoms with E-state index in [1.165, 1.54) is 0 Å². The Kier molecular flexibility index (Phi) is 3.81. The number of nitrogens with zero attached hydrogens (tertiary/aromatic N) is 3. The Morgan fingerprint density at radius 1 is 1.53 bits per heavy atom. The van der Waals surface area contributed by atoms with Gasteiger partial charge in [-0.2, -0.15) is 0 Å². The maximum atomic E-state index is 9.85. The molecule has 0 aliphatic carbocycles. The molecule has 1 aliphatic rings. The molecule has 1 saturated heterocycles. The minimum absolute atomic E-state index is 0.158. The van der Waals surface area contributed by atoms with Crippen molar-refractivity contribution in [1.29, 1.82) is 0 Å². The highest BCUT2D eigenvalue weighted by atomic mass is 35.5. The van der Waals surface area contributed by atoms with Gasteiger partial charge in [-0.15, -0.1) is 0 Å². The first-order chi connectivity index (χ1) is 8.10. The number of aryl methyl sites for hydroxylation is 1. The minimum atomic E-state index is -0.482. The van der Waals surface area contributed by atoms with Crippen LogP contribution in [0.5, 0.6) is 0 Å². The van der Waals surface area contributed by atoms with Crippen LogP contribution in [0.1, 0.15) is 12.7 Å². The second-order valence-corrected chi connectivity index (χ2v) is 4.45. The monoisotopic (exact) mass is 257 g/mol. The van der Waals surface area contributed by atoms with Gasteiger partial charge in [0.2, 0.25) is 0 Å². The molecular formula is C11H16ClN3O2. The van der Waals surface area contributed by atoms with Gasteiger partial charge in [0.05, 0.1) is 6.10 Å². The lowest BCUT2D eigenvalue weighted by molar-refractivity contribution is -0.00189. The zero-order valence-corrected chi connectivity index (χ0v) is 10.7. The second kappa shape index (κ2) is 5.16. The number of ether oxygens (including phenoxy) is 1. The Morgan fingerprint density at radius 2 is 2.29 bits per heavy atom. The molecule has 0 amide bonds. The van der Waals surface area contributed by atoms with Crippen LogP contribution in [0.2, 0.25) is 5.15 Å². The average Bonchev–Trinajstić information content (AvgIpc) is 2.60. The van der Waals surface area contributed by atoms with E-state index in [9.17, 15) is 5.11 Å². The van der Waals surface area contributed by atoms with Gasteiger partial charge in [-0.1, -0.05) is 11.6 Å². The fourth-order valence-electron chi connectivity index (χ4n) is 2.00. The predicted octanol–water partition coefficient (Wildman–Crippen LogP) is 1.02. The predicted molar refractivity (Wildman–Crippen MR) is 65.4 cm³/mol. The average molecular weight is 258 g/mol. The van der Waals surface area contributed by atoms with E-state index in [-0.39, 0.29) is 6.10 Å². The van der Waals surface area contributed by atoms with Crippen molar-refractivity contribution in [2.75, 3.05) is 24.6 Å². The molecule has 0 saturated carbocycles. The molecule has 1 N–H and O–H groups in total. The van der Waals surface area contributed by atoms with Gasteiger partial charge in [0.15, 0.2) is 0 Å². The highest BCUT2D eigenvalue weighted by Crippen LogP contribution is 2.22. The summed E-state index contributed by atoms with van der Waals surface area (Å²) in [4.78, 5) is 10.3. The molecule has 2 heterocycles. The molecule has 0 spiro atoms. The van der Waals surface area contributed by atoms with Crippen molar-refractivity contribution in [3.05, 3.63) is 17.0 Å². The van der Waals surface area contributed by atoms with Gasteiger partial charge in [-0.3, -0.25) is 0 Å². The van der Waals surface area contributed by atoms with Gasteiger partial charge in [-0.05, 0) is 13.8 Å². The quantitative estimate of drug-likeness (QED) is 0.820. The molecule has 0 bridgehead atoms. The van der Waals surface area contributed by atoms with Crippen molar-refractivity contribution in [1.82, 2.24) is 9.97 Å². The molecule has 2 unspecified atom stereocenters. The smallest absolute Gasteiger partial charge is 0.134 e. The van der Waals surface area contributed by atoms with Gasteiger partial charge in [0.1, 0.15) is 22.9 Å². The first-order valence-electron chi connectivity index (χ1n) is 5.66. The lowest BCUT2D eigenvalue weighted by Crippen LogP contribution is -2.26. The van der Waals surface area contributed by atoms with E-state index < -0.39 is 6.10 Å². The summed E-state index contributed by atoms with van der Waals surface area (Å²) in [6.07, 6.45) is -0.641. The summed E-state index contributed by atoms with van der Waals surface area (Å²) >= 11 is 5.89. The van der Waals surface area contributed by atoms with Crippen molar-refractivity contribution in [3.8, 4) is 0 Å². The van der Waals surface area contributed by atoms with E-state index in [4.69, 9.17) is 16.3 Å². The normalized spacial score (nSPS) is 24.4. The fourth-order valence-corrected chi connectivity index (χ4v) is 2.22. The third-order valence-corrected chi connectivity index (χ3v) is 2.93. The number of β-amino-alcohol motifs (C(OH)–C–C–N with tert-alkyl or cyclic N) is 1. The molecule has 94 valence electrons. The molecule has 2 atom stereocenters. The Bertz CT molecular complexity index is 382. The summed E-state index contributed by atoms with van der Waals surface area (Å²) in [5.41, 5.74) is 0. The maximum absolute atomic E-state index is 9.85. The molecular weight excluding hydrogens is 242 g/mol. The third-order valence-electron chi connectivity index (χ3n) is 2.73. The molecule has 1 fully saturated rings. The molecule has 1 aromatic rings. The van der Waals surface area contributed by atoms with Gasteiger partial charge in [-0.25, -0.2) is 9.97 Å². The van der Waals surface area contributed by atoms with Gasteiger partial charge >= 0.3 is 0 Å². The SMILES string of the molecule is CCOC1CN(c2cc(Cl)nc(C)n2)CC1O. The Morgan fingerprint density at radius 3 is 2.94 bits per heavy atom. The van der Waals surface area contributed by atoms with Crippen molar-refractivity contribution >= 4 is 17.4 Å². The third kappa shape index (κ3) is 2.86. The highest BCUT2D eigenvalue weighted by molar-refractivity contribution is 6.29. The van der Waals surface area contributed by atoms with E-state index in [0.717, 1.165) is 5.82 Å². The van der Waals surface area contributed by atoms with Gasteiger partial charge in [0.25, 0.3) is 0 Å². The number of hydrogen-bond donors (Lipinski definition) is 1. The van der Waals surface area contributed by atoms with Crippen LogP contribution in [0.4, 0.5) is 5.82 Å². The van der Waals surface area contributed by atoms with Crippen LogP contribution in [-0.2, 0) is 4.74 Å². The maximum Gasteiger partial charge on any atom is 0.134 e. The van der Waals surface area contributed by atoms with Crippen molar-refractivity contribution in [2.45, 2.75) is 26.1 Å². The molecule has 1 aromatic heterocycles. The molecule has 0 radical (unpaired) electrons. The van der Waals surface area contributed by atoms with Crippen LogP contribution in [0.3, 0.4) is 0 Å². The summed E-state index contributed by atoms with van der Waals surface area (Å²) < 4.78 is 5.46. The van der Waals surface area contributed by atoms with Crippen molar-refractivity contribution in [2.24, 2.45) is 0 Å². The molecule has 0 aromatic carbocycles. The first kappa shape index (κ1) is 12.5. The highest BCUT2D eigenvalue weighted by Gasteiger charge is 2.32. The number of halogens is 1. The zero-order chi connectivity index (χ0) is 12.4. The van der Waals surface area contributed by atoms with Crippen LogP contribution in [0.15, 0.2) is 6.07 Å². The van der Waals surface area contributed by atoms with Gasteiger partial charge in [0, 0.05) is 25.8 Å². The zero-order valence-electron chi connectivity index (χ0n) is 9.93. The largest absolute Gasteiger partial charge is 0.388 e. The molecule has 17 heavy (non-hydrogen) atoms. The van der Waals surface area contributed by atoms with E-state index in [2.05, 4.69) is 9.97 Å². The second-order valence-electron chi connectivity index (χ2n) is 4.06.